The molecule has 1 fully saturated rings. The van der Waals surface area contributed by atoms with E-state index in [1.807, 2.05) is 21.2 Å². The Bertz CT molecular complexity index is 1240. The number of hydrogen-bond acceptors (Lipinski definition) is 6. The number of alkyl halides is 4. The summed E-state index contributed by atoms with van der Waals surface area (Å²) in [6.07, 6.45) is 0.573. The molecule has 2 aliphatic rings. The molecule has 0 radical (unpaired) electrons. The van der Waals surface area contributed by atoms with Gasteiger partial charge in [0, 0.05) is 49.2 Å². The van der Waals surface area contributed by atoms with Crippen LogP contribution in [0.5, 0.6) is 0 Å². The summed E-state index contributed by atoms with van der Waals surface area (Å²) in [6.45, 7) is 6.87. The fourth-order valence-electron chi connectivity index (χ4n) is 4.96. The Balaban J connectivity index is 1.40. The number of carbonyl (C=O) groups is 2. The lowest BCUT2D eigenvalue weighted by atomic mass is 9.93. The van der Waals surface area contributed by atoms with E-state index in [1.165, 1.54) is 18.3 Å². The number of likely N-dealkylation sites (tertiary alicyclic amines) is 1. The zero-order valence-corrected chi connectivity index (χ0v) is 22.6. The molecule has 0 unspecified atom stereocenters. The monoisotopic (exact) mass is 568 g/mol. The van der Waals surface area contributed by atoms with E-state index in [0.29, 0.717) is 45.5 Å². The van der Waals surface area contributed by atoms with Crippen molar-refractivity contribution in [2.45, 2.75) is 63.6 Å². The smallest absolute Gasteiger partial charge is 0.323 e. The van der Waals surface area contributed by atoms with Crippen molar-refractivity contribution in [3.8, 4) is 0 Å². The lowest BCUT2D eigenvalue weighted by molar-refractivity contribution is -0.132. The summed E-state index contributed by atoms with van der Waals surface area (Å²) >= 11 is 1.50. The van der Waals surface area contributed by atoms with E-state index in [1.54, 1.807) is 0 Å². The van der Waals surface area contributed by atoms with Crippen LogP contribution in [0.15, 0.2) is 36.2 Å². The minimum Gasteiger partial charge on any atom is -0.398 e. The Hall–Kier alpha value is -2.96. The number of piperidine rings is 1. The van der Waals surface area contributed by atoms with Crippen molar-refractivity contribution in [2.24, 2.45) is 0 Å². The number of nitrogens with one attached hydrogen (secondary N) is 1. The molecular weight excluding hydrogens is 536 g/mol. The van der Waals surface area contributed by atoms with E-state index in [2.05, 4.69) is 11.9 Å². The number of hydrogen-bond donors (Lipinski definition) is 2. The number of fused-ring (bicyclic) bond motifs is 1. The van der Waals surface area contributed by atoms with Gasteiger partial charge in [0.15, 0.2) is 5.78 Å². The molecule has 0 bridgehead atoms. The van der Waals surface area contributed by atoms with Crippen molar-refractivity contribution in [1.29, 1.82) is 0 Å². The van der Waals surface area contributed by atoms with Gasteiger partial charge in [-0.05, 0) is 55.0 Å². The molecule has 2 amide bonds. The van der Waals surface area contributed by atoms with E-state index < -0.39 is 34.8 Å². The van der Waals surface area contributed by atoms with Crippen LogP contribution in [0.1, 0.15) is 48.9 Å². The highest BCUT2D eigenvalue weighted by atomic mass is 32.1. The first kappa shape index (κ1) is 29.0. The molecule has 12 heteroatoms. The quantitative estimate of drug-likeness (QED) is 0.218. The predicted molar refractivity (Wildman–Crippen MR) is 142 cm³/mol. The maximum absolute atomic E-state index is 14.5. The second kappa shape index (κ2) is 11.3. The lowest BCUT2D eigenvalue weighted by Gasteiger charge is -2.40. The zero-order chi connectivity index (χ0) is 28.5. The normalized spacial score (nSPS) is 18.0. The number of nitrogen functional groups attached to an aromatic ring is 1. The Morgan fingerprint density at radius 2 is 1.95 bits per heavy atom. The topological polar surface area (TPSA) is 87.9 Å². The number of halogens is 4. The van der Waals surface area contributed by atoms with Crippen LogP contribution in [0.2, 0.25) is 0 Å². The molecule has 1 atom stereocenters. The molecule has 0 saturated carbocycles. The van der Waals surface area contributed by atoms with Crippen molar-refractivity contribution in [3.63, 3.8) is 0 Å². The molecule has 212 valence electrons. The van der Waals surface area contributed by atoms with Gasteiger partial charge in [0.1, 0.15) is 11.1 Å². The molecule has 0 aliphatic carbocycles. The maximum Gasteiger partial charge on any atom is 0.323 e. The van der Waals surface area contributed by atoms with Crippen LogP contribution in [0.25, 0.3) is 0 Å². The van der Waals surface area contributed by atoms with Crippen LogP contribution in [0.4, 0.5) is 33.0 Å². The number of benzene rings is 1. The van der Waals surface area contributed by atoms with Crippen LogP contribution in [0, 0.1) is 0 Å². The average molecular weight is 569 g/mol. The number of carbonyl (C=O) groups excluding carboxylic acids is 2. The predicted octanol–water partition coefficient (Wildman–Crippen LogP) is 5.71. The van der Waals surface area contributed by atoms with Crippen LogP contribution >= 0.6 is 11.3 Å². The number of rotatable bonds is 10. The molecule has 2 aromatic rings. The van der Waals surface area contributed by atoms with Gasteiger partial charge in [-0.1, -0.05) is 6.58 Å². The van der Waals surface area contributed by atoms with Crippen molar-refractivity contribution in [2.75, 3.05) is 30.9 Å². The first-order valence-electron chi connectivity index (χ1n) is 12.6. The number of allylic oxidation sites excluding steroid dienone is 1. The Morgan fingerprint density at radius 1 is 1.28 bits per heavy atom. The molecule has 1 aromatic heterocycles. The lowest BCUT2D eigenvalue weighted by Crippen LogP contribution is -2.50. The van der Waals surface area contributed by atoms with E-state index in [0.717, 1.165) is 22.7 Å². The fourth-order valence-corrected chi connectivity index (χ4v) is 5.76. The second-order valence-corrected chi connectivity index (χ2v) is 11.0. The Kier molecular flexibility index (Phi) is 8.38. The molecular formula is C27H32F4N4O3S. The molecule has 3 heterocycles. The number of thiophene rings is 1. The van der Waals surface area contributed by atoms with E-state index >= 15 is 0 Å². The molecule has 1 aromatic carbocycles. The molecule has 3 N–H and O–H groups in total. The van der Waals surface area contributed by atoms with Gasteiger partial charge < -0.3 is 15.4 Å². The standard InChI is InChI=1S/C27H32F4N4O3S/c1-4-27(30,31)21-12-17(11-20(23(21)32)26(3,28)29)13-22(16(2)36)38-15-34-8-5-19(6-9-34)35-14-18-7-10-39-24(18)33-25(35)37/h4,7,10-12,19,22H,1,5-6,8-9,13-15,32H2,2-3H3,(H,33,37)/t22-/m1/s1. The summed E-state index contributed by atoms with van der Waals surface area (Å²) in [4.78, 5) is 28.7. The molecule has 7 nitrogen and oxygen atoms in total. The molecule has 2 aliphatic heterocycles. The Morgan fingerprint density at radius 3 is 2.56 bits per heavy atom. The van der Waals surface area contributed by atoms with Gasteiger partial charge in [-0.25, -0.2) is 13.6 Å². The molecule has 4 rings (SSSR count). The first-order valence-corrected chi connectivity index (χ1v) is 13.5. The number of Topliss-reactive ketones (excluding diaryl/α,β-unsaturated/α-hetero) is 1. The van der Waals surface area contributed by atoms with Crippen molar-refractivity contribution in [1.82, 2.24) is 9.80 Å². The summed E-state index contributed by atoms with van der Waals surface area (Å²) in [7, 11) is 0. The average Bonchev–Trinajstić information content (AvgIpc) is 3.33. The van der Waals surface area contributed by atoms with Crippen LogP contribution in [-0.4, -0.2) is 53.6 Å². The van der Waals surface area contributed by atoms with Gasteiger partial charge in [0.05, 0.1) is 19.0 Å². The van der Waals surface area contributed by atoms with Gasteiger partial charge >= 0.3 is 6.03 Å². The van der Waals surface area contributed by atoms with E-state index in [-0.39, 0.29) is 36.6 Å². The SMILES string of the molecule is C=CC(F)(F)c1cc(C[C@@H](OCN2CCC(N3Cc4ccsc4NC3=O)CC2)C(C)=O)cc(C(C)(F)F)c1N. The van der Waals surface area contributed by atoms with E-state index in [9.17, 15) is 27.2 Å². The third-order valence-corrected chi connectivity index (χ3v) is 8.10. The van der Waals surface area contributed by atoms with Gasteiger partial charge in [0.2, 0.25) is 0 Å². The van der Waals surface area contributed by atoms with Crippen molar-refractivity contribution >= 4 is 33.8 Å². The largest absolute Gasteiger partial charge is 0.398 e. The molecule has 39 heavy (non-hydrogen) atoms. The van der Waals surface area contributed by atoms with Crippen LogP contribution in [0.3, 0.4) is 0 Å². The summed E-state index contributed by atoms with van der Waals surface area (Å²) in [5, 5.41) is 5.76. The Labute approximate surface area is 228 Å². The first-order chi connectivity index (χ1) is 18.3. The number of anilines is 2. The zero-order valence-electron chi connectivity index (χ0n) is 21.8. The number of amides is 2. The van der Waals surface area contributed by atoms with Gasteiger partial charge in [0.25, 0.3) is 11.8 Å². The maximum atomic E-state index is 14.5. The van der Waals surface area contributed by atoms with E-state index in [4.69, 9.17) is 10.5 Å². The molecule has 0 spiro atoms. The van der Waals surface area contributed by atoms with Gasteiger partial charge in [-0.3, -0.25) is 15.0 Å². The second-order valence-electron chi connectivity index (χ2n) is 10.1. The van der Waals surface area contributed by atoms with Crippen molar-refractivity contribution < 1.29 is 31.9 Å². The summed E-state index contributed by atoms with van der Waals surface area (Å²) < 4.78 is 63.2. The molecule has 1 saturated heterocycles. The highest BCUT2D eigenvalue weighted by Gasteiger charge is 2.37. The highest BCUT2D eigenvalue weighted by Crippen LogP contribution is 2.41. The number of urea groups is 1. The van der Waals surface area contributed by atoms with Gasteiger partial charge in [-0.15, -0.1) is 11.3 Å². The minimum atomic E-state index is -3.63. The summed E-state index contributed by atoms with van der Waals surface area (Å²) in [5.74, 6) is -7.47. The summed E-state index contributed by atoms with van der Waals surface area (Å²) in [5.41, 5.74) is 4.64. The van der Waals surface area contributed by atoms with Crippen LogP contribution in [-0.2, 0) is 34.3 Å². The number of nitrogens with zero attached hydrogens (tertiary/aromatic N) is 2. The third kappa shape index (κ3) is 6.44. The summed E-state index contributed by atoms with van der Waals surface area (Å²) in [6, 6.07) is 4.03. The highest BCUT2D eigenvalue weighted by molar-refractivity contribution is 7.14. The van der Waals surface area contributed by atoms with Crippen LogP contribution < -0.4 is 11.1 Å². The van der Waals surface area contributed by atoms with Crippen molar-refractivity contribution in [3.05, 3.63) is 58.5 Å². The van der Waals surface area contributed by atoms with Gasteiger partial charge in [-0.2, -0.15) is 8.78 Å². The number of ether oxygens (including phenoxy) is 1. The minimum absolute atomic E-state index is 0.0618. The third-order valence-electron chi connectivity index (χ3n) is 7.23. The number of nitrogens with two attached hydrogens (primary N) is 1. The fraction of sp³-hybridized carbons (Fsp3) is 0.481. The number of ketones is 1.